The first kappa shape index (κ1) is 23.4. The molecule has 8 heteroatoms. The molecule has 0 aliphatic heterocycles. The number of unbranched alkanes of at least 4 members (excludes halogenated alkanes) is 1. The number of halogens is 2. The summed E-state index contributed by atoms with van der Waals surface area (Å²) in [5.41, 5.74) is 1.07. The maximum absolute atomic E-state index is 13.3. The maximum Gasteiger partial charge on any atom is 0.331 e. The van der Waals surface area contributed by atoms with E-state index in [0.29, 0.717) is 34.5 Å². The second kappa shape index (κ2) is 10.5. The number of carbonyl (C=O) groups is 1. The van der Waals surface area contributed by atoms with E-state index in [1.54, 1.807) is 34.9 Å². The quantitative estimate of drug-likeness (QED) is 0.368. The minimum atomic E-state index is -0.417. The Hall–Kier alpha value is -3.71. The minimum Gasteiger partial charge on any atom is -0.326 e. The Kier molecular flexibility index (Phi) is 7.23. The number of nitrogens with one attached hydrogen (secondary N) is 1. The second-order valence-corrected chi connectivity index (χ2v) is 8.35. The van der Waals surface area contributed by atoms with Gasteiger partial charge in [-0.05, 0) is 60.9 Å². The van der Waals surface area contributed by atoms with Crippen molar-refractivity contribution in [1.82, 2.24) is 9.13 Å². The summed E-state index contributed by atoms with van der Waals surface area (Å²) in [7, 11) is 0. The van der Waals surface area contributed by atoms with Gasteiger partial charge in [-0.15, -0.1) is 0 Å². The molecule has 0 saturated heterocycles. The van der Waals surface area contributed by atoms with Gasteiger partial charge in [0.15, 0.2) is 0 Å². The lowest BCUT2D eigenvalue weighted by molar-refractivity contribution is -0.116. The summed E-state index contributed by atoms with van der Waals surface area (Å²) in [5.74, 6) is -0.590. The average molecular weight is 480 g/mol. The summed E-state index contributed by atoms with van der Waals surface area (Å²) < 4.78 is 15.8. The van der Waals surface area contributed by atoms with Crippen LogP contribution in [0.2, 0.25) is 5.02 Å². The third kappa shape index (κ3) is 5.26. The highest BCUT2D eigenvalue weighted by Gasteiger charge is 2.14. The molecule has 1 amide bonds. The predicted octanol–water partition coefficient (Wildman–Crippen LogP) is 4.81. The predicted molar refractivity (Wildman–Crippen MR) is 132 cm³/mol. The van der Waals surface area contributed by atoms with Crippen molar-refractivity contribution in [2.75, 3.05) is 5.32 Å². The molecule has 0 bridgehead atoms. The lowest BCUT2D eigenvalue weighted by Crippen LogP contribution is -2.40. The van der Waals surface area contributed by atoms with Crippen LogP contribution in [-0.4, -0.2) is 15.0 Å². The third-order valence-electron chi connectivity index (χ3n) is 5.58. The largest absolute Gasteiger partial charge is 0.331 e. The van der Waals surface area contributed by atoms with Gasteiger partial charge in [-0.3, -0.25) is 18.7 Å². The smallest absolute Gasteiger partial charge is 0.326 e. The molecular weight excluding hydrogens is 457 g/mol. The van der Waals surface area contributed by atoms with Crippen LogP contribution in [0.25, 0.3) is 10.9 Å². The number of aromatic nitrogens is 2. The Morgan fingerprint density at radius 2 is 1.59 bits per heavy atom. The molecule has 0 atom stereocenters. The third-order valence-corrected chi connectivity index (χ3v) is 5.95. The van der Waals surface area contributed by atoms with Crippen LogP contribution < -0.4 is 16.6 Å². The molecule has 174 valence electrons. The first-order valence-electron chi connectivity index (χ1n) is 11.0. The van der Waals surface area contributed by atoms with Crippen LogP contribution in [0.15, 0.2) is 82.4 Å². The molecule has 0 radical (unpaired) electrons. The fraction of sp³-hybridized carbons (Fsp3) is 0.192. The summed E-state index contributed by atoms with van der Waals surface area (Å²) in [5, 5.41) is 3.70. The van der Waals surface area contributed by atoms with Crippen LogP contribution in [0.1, 0.15) is 24.8 Å². The van der Waals surface area contributed by atoms with E-state index in [0.717, 1.165) is 5.56 Å². The van der Waals surface area contributed by atoms with Gasteiger partial charge in [0.05, 0.1) is 17.4 Å². The van der Waals surface area contributed by atoms with Gasteiger partial charge in [-0.25, -0.2) is 9.18 Å². The molecule has 0 spiro atoms. The van der Waals surface area contributed by atoms with Gasteiger partial charge in [0.1, 0.15) is 5.82 Å². The molecule has 6 nitrogen and oxygen atoms in total. The number of hydrogen-bond donors (Lipinski definition) is 1. The Balaban J connectivity index is 1.50. The van der Waals surface area contributed by atoms with Gasteiger partial charge in [0.25, 0.3) is 5.56 Å². The number of rotatable bonds is 8. The molecular formula is C26H23ClFN3O3. The molecule has 4 rings (SSSR count). The molecule has 3 aromatic carbocycles. The van der Waals surface area contributed by atoms with Gasteiger partial charge < -0.3 is 5.32 Å². The van der Waals surface area contributed by atoms with Crippen molar-refractivity contribution < 1.29 is 9.18 Å². The fourth-order valence-corrected chi connectivity index (χ4v) is 4.03. The molecule has 34 heavy (non-hydrogen) atoms. The van der Waals surface area contributed by atoms with Crippen molar-refractivity contribution >= 4 is 34.1 Å². The number of anilines is 1. The minimum absolute atomic E-state index is 0.189. The molecule has 0 aliphatic rings. The van der Waals surface area contributed by atoms with Crippen LogP contribution in [0, 0.1) is 5.82 Å². The van der Waals surface area contributed by atoms with Crippen LogP contribution >= 0.6 is 11.6 Å². The molecule has 0 aliphatic carbocycles. The van der Waals surface area contributed by atoms with Crippen molar-refractivity contribution in [2.45, 2.75) is 32.4 Å². The van der Waals surface area contributed by atoms with Crippen LogP contribution in [-0.2, 0) is 17.9 Å². The summed E-state index contributed by atoms with van der Waals surface area (Å²) >= 11 is 6.31. The number of carbonyl (C=O) groups excluding carboxylic acids is 1. The zero-order valence-electron chi connectivity index (χ0n) is 18.3. The van der Waals surface area contributed by atoms with Crippen molar-refractivity contribution in [3.63, 3.8) is 0 Å². The van der Waals surface area contributed by atoms with Gasteiger partial charge in [-0.2, -0.15) is 0 Å². The highest BCUT2D eigenvalue weighted by Crippen LogP contribution is 2.18. The summed E-state index contributed by atoms with van der Waals surface area (Å²) in [6, 6.07) is 19.8. The number of nitrogens with zero attached hydrogens (tertiary/aromatic N) is 2. The molecule has 1 N–H and O–H groups in total. The Morgan fingerprint density at radius 1 is 0.882 bits per heavy atom. The van der Waals surface area contributed by atoms with Crippen molar-refractivity contribution in [2.24, 2.45) is 0 Å². The van der Waals surface area contributed by atoms with Crippen LogP contribution in [0.5, 0.6) is 0 Å². The number of hydrogen-bond acceptors (Lipinski definition) is 3. The Bertz CT molecular complexity index is 1440. The highest BCUT2D eigenvalue weighted by atomic mass is 35.5. The molecule has 0 unspecified atom stereocenters. The summed E-state index contributed by atoms with van der Waals surface area (Å²) in [4.78, 5) is 38.5. The van der Waals surface area contributed by atoms with E-state index in [-0.39, 0.29) is 36.8 Å². The number of para-hydroxylation sites is 1. The first-order valence-corrected chi connectivity index (χ1v) is 11.3. The van der Waals surface area contributed by atoms with Gasteiger partial charge >= 0.3 is 5.69 Å². The number of amides is 1. The van der Waals surface area contributed by atoms with E-state index < -0.39 is 5.69 Å². The first-order chi connectivity index (χ1) is 16.4. The SMILES string of the molecule is O=C(CCCCn1c(=O)c2ccccc2n(Cc2ccccc2Cl)c1=O)Nc1ccc(F)cc1. The molecule has 4 aromatic rings. The van der Waals surface area contributed by atoms with Crippen molar-refractivity contribution in [3.05, 3.63) is 110 Å². The van der Waals surface area contributed by atoms with E-state index in [1.807, 2.05) is 18.2 Å². The maximum atomic E-state index is 13.3. The topological polar surface area (TPSA) is 73.1 Å². The average Bonchev–Trinajstić information content (AvgIpc) is 2.84. The standard InChI is InChI=1S/C26H23ClFN3O3/c27-22-9-3-1-7-18(22)17-31-23-10-4-2-8-21(23)25(33)30(26(31)34)16-6-5-11-24(32)29-20-14-12-19(28)13-15-20/h1-4,7-10,12-15H,5-6,11,16-17H2,(H,29,32). The van der Waals surface area contributed by atoms with Crippen LogP contribution in [0.4, 0.5) is 10.1 Å². The Labute approximate surface area is 200 Å². The normalized spacial score (nSPS) is 11.0. The van der Waals surface area contributed by atoms with E-state index in [9.17, 15) is 18.8 Å². The van der Waals surface area contributed by atoms with E-state index in [4.69, 9.17) is 11.6 Å². The van der Waals surface area contributed by atoms with Crippen LogP contribution in [0.3, 0.4) is 0 Å². The lowest BCUT2D eigenvalue weighted by Gasteiger charge is -2.15. The molecule has 0 saturated carbocycles. The van der Waals surface area contributed by atoms with Crippen molar-refractivity contribution in [3.8, 4) is 0 Å². The summed E-state index contributed by atoms with van der Waals surface area (Å²) in [6.45, 7) is 0.425. The van der Waals surface area contributed by atoms with Gasteiger partial charge in [-0.1, -0.05) is 41.9 Å². The van der Waals surface area contributed by atoms with E-state index >= 15 is 0 Å². The highest BCUT2D eigenvalue weighted by molar-refractivity contribution is 6.31. The number of fused-ring (bicyclic) bond motifs is 1. The Morgan fingerprint density at radius 3 is 2.35 bits per heavy atom. The lowest BCUT2D eigenvalue weighted by atomic mass is 10.2. The molecule has 1 aromatic heterocycles. The number of benzene rings is 3. The zero-order chi connectivity index (χ0) is 24.1. The van der Waals surface area contributed by atoms with Crippen molar-refractivity contribution in [1.29, 1.82) is 0 Å². The molecule has 1 heterocycles. The van der Waals surface area contributed by atoms with E-state index in [2.05, 4.69) is 5.32 Å². The second-order valence-electron chi connectivity index (χ2n) is 7.95. The zero-order valence-corrected chi connectivity index (χ0v) is 19.1. The van der Waals surface area contributed by atoms with Gasteiger partial charge in [0.2, 0.25) is 5.91 Å². The fourth-order valence-electron chi connectivity index (χ4n) is 3.83. The van der Waals surface area contributed by atoms with E-state index in [1.165, 1.54) is 28.8 Å². The molecule has 0 fully saturated rings. The van der Waals surface area contributed by atoms with Gasteiger partial charge in [0, 0.05) is 23.7 Å². The monoisotopic (exact) mass is 479 g/mol. The summed E-state index contributed by atoms with van der Waals surface area (Å²) in [6.07, 6.45) is 1.17.